The molecule has 0 aromatic heterocycles. The van der Waals surface area contributed by atoms with E-state index in [1.807, 2.05) is 24.3 Å². The van der Waals surface area contributed by atoms with E-state index in [1.165, 1.54) is 11.1 Å². The Balaban J connectivity index is 1.50. The Bertz CT molecular complexity index is 702. The largest absolute Gasteiger partial charge is 0.379 e. The summed E-state index contributed by atoms with van der Waals surface area (Å²) >= 11 is 0. The average Bonchev–Trinajstić information content (AvgIpc) is 2.68. The molecule has 1 heterocycles. The summed E-state index contributed by atoms with van der Waals surface area (Å²) in [5.74, 6) is 0.445. The van der Waals surface area contributed by atoms with Crippen LogP contribution in [0, 0.1) is 0 Å². The first-order valence-corrected chi connectivity index (χ1v) is 9.38. The van der Waals surface area contributed by atoms with Gasteiger partial charge in [-0.25, -0.2) is 0 Å². The predicted octanol–water partition coefficient (Wildman–Crippen LogP) is 3.57. The van der Waals surface area contributed by atoms with Gasteiger partial charge in [0.2, 0.25) is 0 Å². The Morgan fingerprint density at radius 1 is 1.00 bits per heavy atom. The molecule has 4 nitrogen and oxygen atoms in total. The van der Waals surface area contributed by atoms with Gasteiger partial charge in [0.05, 0.1) is 13.2 Å². The number of nitrogens with one attached hydrogen (secondary N) is 1. The van der Waals surface area contributed by atoms with Crippen LogP contribution >= 0.6 is 0 Å². The van der Waals surface area contributed by atoms with Crippen LogP contribution < -0.4 is 5.32 Å². The summed E-state index contributed by atoms with van der Waals surface area (Å²) in [5, 5.41) is 3.00. The summed E-state index contributed by atoms with van der Waals surface area (Å²) in [5.41, 5.74) is 4.37. The van der Waals surface area contributed by atoms with Crippen LogP contribution in [0.4, 0.5) is 0 Å². The predicted molar refractivity (Wildman–Crippen MR) is 104 cm³/mol. The Hall–Kier alpha value is -2.17. The number of hydrogen-bond acceptors (Lipinski definition) is 3. The van der Waals surface area contributed by atoms with E-state index in [0.29, 0.717) is 18.0 Å². The third kappa shape index (κ3) is 5.16. The maximum absolute atomic E-state index is 12.3. The second-order valence-corrected chi connectivity index (χ2v) is 7.16. The summed E-state index contributed by atoms with van der Waals surface area (Å²) < 4.78 is 5.38. The van der Waals surface area contributed by atoms with E-state index in [2.05, 4.69) is 48.3 Å². The van der Waals surface area contributed by atoms with Crippen molar-refractivity contribution in [2.24, 2.45) is 0 Å². The molecule has 3 rings (SSSR count). The van der Waals surface area contributed by atoms with E-state index in [0.717, 1.165) is 38.4 Å². The van der Waals surface area contributed by atoms with Crippen LogP contribution in [0.5, 0.6) is 0 Å². The second kappa shape index (κ2) is 8.97. The molecule has 2 aromatic carbocycles. The third-order valence-electron chi connectivity index (χ3n) is 4.83. The number of amides is 1. The van der Waals surface area contributed by atoms with Crippen molar-refractivity contribution < 1.29 is 9.53 Å². The molecule has 0 atom stereocenters. The first kappa shape index (κ1) is 18.6. The van der Waals surface area contributed by atoms with Gasteiger partial charge < -0.3 is 10.1 Å². The van der Waals surface area contributed by atoms with E-state index in [1.54, 1.807) is 0 Å². The van der Waals surface area contributed by atoms with Gasteiger partial charge in [0, 0.05) is 31.7 Å². The Morgan fingerprint density at radius 3 is 2.23 bits per heavy atom. The Morgan fingerprint density at radius 2 is 1.62 bits per heavy atom. The van der Waals surface area contributed by atoms with Crippen molar-refractivity contribution in [1.82, 2.24) is 10.2 Å². The van der Waals surface area contributed by atoms with Gasteiger partial charge in [0.25, 0.3) is 5.91 Å². The molecule has 2 aromatic rings. The molecule has 138 valence electrons. The van der Waals surface area contributed by atoms with Crippen molar-refractivity contribution in [2.45, 2.75) is 32.9 Å². The minimum Gasteiger partial charge on any atom is -0.379 e. The summed E-state index contributed by atoms with van der Waals surface area (Å²) in [7, 11) is 0. The first-order valence-electron chi connectivity index (χ1n) is 9.38. The van der Waals surface area contributed by atoms with Crippen molar-refractivity contribution >= 4 is 5.91 Å². The molecular formula is C22H28N2O2. The molecule has 0 spiro atoms. The van der Waals surface area contributed by atoms with Gasteiger partial charge in [-0.2, -0.15) is 0 Å². The summed E-state index contributed by atoms with van der Waals surface area (Å²) in [4.78, 5) is 14.7. The van der Waals surface area contributed by atoms with Crippen molar-refractivity contribution in [3.63, 3.8) is 0 Å². The molecule has 0 radical (unpaired) electrons. The number of carbonyl (C=O) groups is 1. The fourth-order valence-electron chi connectivity index (χ4n) is 3.08. The highest BCUT2D eigenvalue weighted by molar-refractivity contribution is 5.94. The van der Waals surface area contributed by atoms with E-state index < -0.39 is 0 Å². The van der Waals surface area contributed by atoms with Gasteiger partial charge in [0.15, 0.2) is 0 Å². The van der Waals surface area contributed by atoms with Crippen molar-refractivity contribution in [3.8, 4) is 0 Å². The minimum atomic E-state index is -0.0299. The SMILES string of the molecule is CC(C)c1ccc(C(=O)NCc2ccc(CN3CCOCC3)cc2)cc1. The summed E-state index contributed by atoms with van der Waals surface area (Å²) in [6, 6.07) is 16.3. The molecule has 1 aliphatic heterocycles. The number of nitrogens with zero attached hydrogens (tertiary/aromatic N) is 1. The zero-order chi connectivity index (χ0) is 18.4. The zero-order valence-electron chi connectivity index (χ0n) is 15.7. The van der Waals surface area contributed by atoms with Crippen LogP contribution in [0.25, 0.3) is 0 Å². The minimum absolute atomic E-state index is 0.0299. The fourth-order valence-corrected chi connectivity index (χ4v) is 3.08. The topological polar surface area (TPSA) is 41.6 Å². The summed E-state index contributed by atoms with van der Waals surface area (Å²) in [6.07, 6.45) is 0. The average molecular weight is 352 g/mol. The highest BCUT2D eigenvalue weighted by Gasteiger charge is 2.11. The number of rotatable bonds is 6. The molecule has 0 saturated carbocycles. The van der Waals surface area contributed by atoms with E-state index in [9.17, 15) is 4.79 Å². The maximum Gasteiger partial charge on any atom is 0.251 e. The monoisotopic (exact) mass is 352 g/mol. The maximum atomic E-state index is 12.3. The molecule has 1 amide bonds. The highest BCUT2D eigenvalue weighted by Crippen LogP contribution is 2.15. The molecule has 0 unspecified atom stereocenters. The van der Waals surface area contributed by atoms with Gasteiger partial charge in [-0.15, -0.1) is 0 Å². The quantitative estimate of drug-likeness (QED) is 0.864. The Kier molecular flexibility index (Phi) is 6.42. The van der Waals surface area contributed by atoms with Gasteiger partial charge in [-0.1, -0.05) is 50.2 Å². The van der Waals surface area contributed by atoms with E-state index in [4.69, 9.17) is 4.74 Å². The lowest BCUT2D eigenvalue weighted by molar-refractivity contribution is 0.0342. The highest BCUT2D eigenvalue weighted by atomic mass is 16.5. The molecular weight excluding hydrogens is 324 g/mol. The van der Waals surface area contributed by atoms with Crippen LogP contribution in [0.2, 0.25) is 0 Å². The van der Waals surface area contributed by atoms with E-state index >= 15 is 0 Å². The van der Waals surface area contributed by atoms with Crippen LogP contribution in [-0.2, 0) is 17.8 Å². The number of carbonyl (C=O) groups excluding carboxylic acids is 1. The Labute approximate surface area is 156 Å². The fraction of sp³-hybridized carbons (Fsp3) is 0.409. The number of hydrogen-bond donors (Lipinski definition) is 1. The lowest BCUT2D eigenvalue weighted by Crippen LogP contribution is -2.35. The van der Waals surface area contributed by atoms with Crippen LogP contribution in [0.3, 0.4) is 0 Å². The van der Waals surface area contributed by atoms with Crippen molar-refractivity contribution in [3.05, 3.63) is 70.8 Å². The normalized spacial score (nSPS) is 15.2. The molecule has 1 saturated heterocycles. The lowest BCUT2D eigenvalue weighted by atomic mass is 10.0. The summed E-state index contributed by atoms with van der Waals surface area (Å²) in [6.45, 7) is 9.43. The molecule has 0 bridgehead atoms. The molecule has 1 aliphatic rings. The molecule has 1 N–H and O–H groups in total. The van der Waals surface area contributed by atoms with Gasteiger partial charge in [0.1, 0.15) is 0 Å². The van der Waals surface area contributed by atoms with Crippen LogP contribution in [-0.4, -0.2) is 37.1 Å². The van der Waals surface area contributed by atoms with Crippen LogP contribution in [0.15, 0.2) is 48.5 Å². The lowest BCUT2D eigenvalue weighted by Gasteiger charge is -2.26. The van der Waals surface area contributed by atoms with E-state index in [-0.39, 0.29) is 5.91 Å². The standard InChI is InChI=1S/C22H28N2O2/c1-17(2)20-7-9-21(10-8-20)22(25)23-15-18-3-5-19(6-4-18)16-24-11-13-26-14-12-24/h3-10,17H,11-16H2,1-2H3,(H,23,25). The van der Waals surface area contributed by atoms with Crippen LogP contribution in [0.1, 0.15) is 46.8 Å². The first-order chi connectivity index (χ1) is 12.6. The number of benzene rings is 2. The molecule has 1 fully saturated rings. The van der Waals surface area contributed by atoms with Crippen molar-refractivity contribution in [1.29, 1.82) is 0 Å². The number of morpholine rings is 1. The van der Waals surface area contributed by atoms with Gasteiger partial charge >= 0.3 is 0 Å². The number of ether oxygens (including phenoxy) is 1. The third-order valence-corrected chi connectivity index (χ3v) is 4.83. The van der Waals surface area contributed by atoms with Gasteiger partial charge in [-0.05, 0) is 34.7 Å². The second-order valence-electron chi connectivity index (χ2n) is 7.16. The molecule has 26 heavy (non-hydrogen) atoms. The zero-order valence-corrected chi connectivity index (χ0v) is 15.7. The molecule has 0 aliphatic carbocycles. The smallest absolute Gasteiger partial charge is 0.251 e. The van der Waals surface area contributed by atoms with Crippen molar-refractivity contribution in [2.75, 3.05) is 26.3 Å². The van der Waals surface area contributed by atoms with Gasteiger partial charge in [-0.3, -0.25) is 9.69 Å². The molecule has 4 heteroatoms.